The lowest BCUT2D eigenvalue weighted by Gasteiger charge is -2.06. The van der Waals surface area contributed by atoms with Crippen molar-refractivity contribution < 1.29 is 14.3 Å². The number of benzene rings is 1. The molecular formula is C14H13FN2O2. The molecular weight excluding hydrogens is 247 g/mol. The first-order valence-electron chi connectivity index (χ1n) is 6.12. The molecule has 0 bridgehead atoms. The van der Waals surface area contributed by atoms with E-state index >= 15 is 0 Å². The Morgan fingerprint density at radius 3 is 2.95 bits per heavy atom. The number of carbonyl (C=O) groups is 1. The summed E-state index contributed by atoms with van der Waals surface area (Å²) in [6.07, 6.45) is 5.69. The fraction of sp³-hybridized carbons (Fsp3) is 0.286. The van der Waals surface area contributed by atoms with Crippen LogP contribution in [0.3, 0.4) is 0 Å². The Morgan fingerprint density at radius 2 is 2.37 bits per heavy atom. The molecule has 1 aromatic carbocycles. The van der Waals surface area contributed by atoms with Crippen molar-refractivity contribution in [2.75, 3.05) is 0 Å². The highest BCUT2D eigenvalue weighted by atomic mass is 19.1. The number of rotatable bonds is 4. The quantitative estimate of drug-likeness (QED) is 0.917. The molecule has 5 heteroatoms. The van der Waals surface area contributed by atoms with Gasteiger partial charge in [0.15, 0.2) is 0 Å². The van der Waals surface area contributed by atoms with Gasteiger partial charge in [0.25, 0.3) is 0 Å². The van der Waals surface area contributed by atoms with Crippen molar-refractivity contribution in [3.63, 3.8) is 0 Å². The number of aromatic nitrogens is 2. The molecule has 0 amide bonds. The molecule has 0 aliphatic heterocycles. The molecule has 2 aromatic rings. The van der Waals surface area contributed by atoms with Gasteiger partial charge in [-0.15, -0.1) is 0 Å². The van der Waals surface area contributed by atoms with Crippen LogP contribution in [0.4, 0.5) is 4.39 Å². The summed E-state index contributed by atoms with van der Waals surface area (Å²) >= 11 is 0. The number of nitrogens with zero attached hydrogens (tertiary/aromatic N) is 2. The molecule has 1 saturated carbocycles. The molecule has 3 rings (SSSR count). The summed E-state index contributed by atoms with van der Waals surface area (Å²) < 4.78 is 15.8. The first kappa shape index (κ1) is 11.9. The van der Waals surface area contributed by atoms with E-state index in [0.717, 1.165) is 5.56 Å². The molecule has 1 fully saturated rings. The number of hydrogen-bond acceptors (Lipinski definition) is 2. The molecule has 19 heavy (non-hydrogen) atoms. The van der Waals surface area contributed by atoms with E-state index in [1.807, 2.05) is 16.8 Å². The predicted molar refractivity (Wildman–Crippen MR) is 66.2 cm³/mol. The van der Waals surface area contributed by atoms with Crippen LogP contribution in [-0.4, -0.2) is 20.6 Å². The lowest BCUT2D eigenvalue weighted by Crippen LogP contribution is -2.01. The standard InChI is InChI=1S/C14H13FN2O2/c15-13-5-9(7-17-4-3-16-8-17)1-2-10(13)11-6-12(11)14(18)19/h1-5,8,11-12H,6-7H2,(H,18,19)/t11-,12+/m1/s1. The third-order valence-electron chi connectivity index (χ3n) is 3.50. The largest absolute Gasteiger partial charge is 0.481 e. The van der Waals surface area contributed by atoms with Crippen molar-refractivity contribution in [3.8, 4) is 0 Å². The highest BCUT2D eigenvalue weighted by molar-refractivity contribution is 5.75. The molecule has 98 valence electrons. The van der Waals surface area contributed by atoms with E-state index in [2.05, 4.69) is 4.98 Å². The third kappa shape index (κ3) is 2.36. The Bertz CT molecular complexity index is 610. The van der Waals surface area contributed by atoms with Gasteiger partial charge in [-0.1, -0.05) is 12.1 Å². The summed E-state index contributed by atoms with van der Waals surface area (Å²) in [6.45, 7) is 0.560. The molecule has 1 aromatic heterocycles. The fourth-order valence-corrected chi connectivity index (χ4v) is 2.37. The van der Waals surface area contributed by atoms with Crippen LogP contribution in [0.1, 0.15) is 23.5 Å². The van der Waals surface area contributed by atoms with E-state index in [1.54, 1.807) is 18.6 Å². The average molecular weight is 260 g/mol. The average Bonchev–Trinajstić information content (AvgIpc) is 3.00. The Balaban J connectivity index is 1.77. The number of hydrogen-bond donors (Lipinski definition) is 1. The van der Waals surface area contributed by atoms with Crippen LogP contribution in [0, 0.1) is 11.7 Å². The smallest absolute Gasteiger partial charge is 0.307 e. The fourth-order valence-electron chi connectivity index (χ4n) is 2.37. The van der Waals surface area contributed by atoms with E-state index in [9.17, 15) is 9.18 Å². The van der Waals surface area contributed by atoms with Crippen LogP contribution in [0.2, 0.25) is 0 Å². The van der Waals surface area contributed by atoms with Gasteiger partial charge in [-0.2, -0.15) is 0 Å². The molecule has 1 N–H and O–H groups in total. The zero-order valence-corrected chi connectivity index (χ0v) is 10.2. The lowest BCUT2D eigenvalue weighted by atomic mass is 10.1. The summed E-state index contributed by atoms with van der Waals surface area (Å²) in [7, 11) is 0. The van der Waals surface area contributed by atoms with E-state index in [4.69, 9.17) is 5.11 Å². The van der Waals surface area contributed by atoms with Gasteiger partial charge < -0.3 is 9.67 Å². The lowest BCUT2D eigenvalue weighted by molar-refractivity contribution is -0.138. The molecule has 4 nitrogen and oxygen atoms in total. The number of imidazole rings is 1. The van der Waals surface area contributed by atoms with Crippen LogP contribution in [0.15, 0.2) is 36.9 Å². The zero-order valence-electron chi connectivity index (χ0n) is 10.2. The van der Waals surface area contributed by atoms with Gasteiger partial charge in [-0.05, 0) is 23.6 Å². The maximum absolute atomic E-state index is 14.0. The summed E-state index contributed by atoms with van der Waals surface area (Å²) in [5.74, 6) is -1.74. The maximum Gasteiger partial charge on any atom is 0.307 e. The van der Waals surface area contributed by atoms with E-state index in [-0.39, 0.29) is 11.7 Å². The highest BCUT2D eigenvalue weighted by Crippen LogP contribution is 2.48. The topological polar surface area (TPSA) is 55.1 Å². The Kier molecular flexibility index (Phi) is 2.81. The van der Waals surface area contributed by atoms with Gasteiger partial charge in [0, 0.05) is 24.9 Å². The molecule has 2 atom stereocenters. The molecule has 0 unspecified atom stereocenters. The van der Waals surface area contributed by atoms with Crippen LogP contribution in [0.25, 0.3) is 0 Å². The minimum atomic E-state index is -0.841. The Morgan fingerprint density at radius 1 is 1.53 bits per heavy atom. The number of halogens is 1. The normalized spacial score (nSPS) is 21.3. The van der Waals surface area contributed by atoms with Crippen molar-refractivity contribution in [1.29, 1.82) is 0 Å². The van der Waals surface area contributed by atoms with E-state index in [0.29, 0.717) is 18.5 Å². The highest BCUT2D eigenvalue weighted by Gasteiger charge is 2.45. The number of carboxylic acids is 1. The van der Waals surface area contributed by atoms with Crippen molar-refractivity contribution >= 4 is 5.97 Å². The second-order valence-corrected chi connectivity index (χ2v) is 4.88. The van der Waals surface area contributed by atoms with E-state index in [1.165, 1.54) is 6.07 Å². The SMILES string of the molecule is O=C(O)[C@H]1C[C@@H]1c1ccc(Cn2ccnc2)cc1F. The molecule has 1 heterocycles. The maximum atomic E-state index is 14.0. The Labute approximate surface area is 109 Å². The molecule has 1 aliphatic rings. The second kappa shape index (κ2) is 4.50. The summed E-state index contributed by atoms with van der Waals surface area (Å²) in [5.41, 5.74) is 1.36. The first-order chi connectivity index (χ1) is 9.15. The van der Waals surface area contributed by atoms with E-state index < -0.39 is 11.9 Å². The van der Waals surface area contributed by atoms with Gasteiger partial charge in [-0.25, -0.2) is 9.37 Å². The minimum Gasteiger partial charge on any atom is -0.481 e. The van der Waals surface area contributed by atoms with Gasteiger partial charge >= 0.3 is 5.97 Å². The van der Waals surface area contributed by atoms with Crippen molar-refractivity contribution in [2.24, 2.45) is 5.92 Å². The number of aliphatic carboxylic acids is 1. The predicted octanol–water partition coefficient (Wildman–Crippen LogP) is 2.26. The van der Waals surface area contributed by atoms with Gasteiger partial charge in [0.2, 0.25) is 0 Å². The number of carboxylic acid groups (broad SMARTS) is 1. The van der Waals surface area contributed by atoms with Crippen molar-refractivity contribution in [1.82, 2.24) is 9.55 Å². The van der Waals surface area contributed by atoms with Crippen LogP contribution in [0.5, 0.6) is 0 Å². The second-order valence-electron chi connectivity index (χ2n) is 4.88. The summed E-state index contributed by atoms with van der Waals surface area (Å²) in [4.78, 5) is 14.7. The third-order valence-corrected chi connectivity index (χ3v) is 3.50. The molecule has 0 spiro atoms. The minimum absolute atomic E-state index is 0.167. The summed E-state index contributed by atoms with van der Waals surface area (Å²) in [6, 6.07) is 5.03. The van der Waals surface area contributed by atoms with Gasteiger partial charge in [0.05, 0.1) is 12.2 Å². The zero-order chi connectivity index (χ0) is 13.4. The van der Waals surface area contributed by atoms with Gasteiger partial charge in [-0.3, -0.25) is 4.79 Å². The monoisotopic (exact) mass is 260 g/mol. The van der Waals surface area contributed by atoms with Crippen LogP contribution >= 0.6 is 0 Å². The van der Waals surface area contributed by atoms with Crippen molar-refractivity contribution in [2.45, 2.75) is 18.9 Å². The van der Waals surface area contributed by atoms with Crippen LogP contribution in [-0.2, 0) is 11.3 Å². The Hall–Kier alpha value is -2.17. The van der Waals surface area contributed by atoms with Crippen molar-refractivity contribution in [3.05, 3.63) is 53.9 Å². The first-order valence-corrected chi connectivity index (χ1v) is 6.12. The molecule has 0 saturated heterocycles. The van der Waals surface area contributed by atoms with Crippen LogP contribution < -0.4 is 0 Å². The van der Waals surface area contributed by atoms with Gasteiger partial charge in [0.1, 0.15) is 5.82 Å². The molecule has 1 aliphatic carbocycles. The summed E-state index contributed by atoms with van der Waals surface area (Å²) in [5, 5.41) is 8.87. The molecule has 0 radical (unpaired) electrons.